The van der Waals surface area contributed by atoms with Crippen LogP contribution in [0.25, 0.3) is 11.0 Å². The predicted octanol–water partition coefficient (Wildman–Crippen LogP) is 5.00. The molecule has 33 heavy (non-hydrogen) atoms. The van der Waals surface area contributed by atoms with Crippen LogP contribution in [0.4, 0.5) is 0 Å². The summed E-state index contributed by atoms with van der Waals surface area (Å²) in [5, 5.41) is 11.9. The van der Waals surface area contributed by atoms with E-state index in [0.29, 0.717) is 19.0 Å². The van der Waals surface area contributed by atoms with Crippen molar-refractivity contribution in [3.05, 3.63) is 64.5 Å². The molecule has 0 unspecified atom stereocenters. The van der Waals surface area contributed by atoms with Gasteiger partial charge < -0.3 is 15.0 Å². The number of carbonyl (C=O) groups excluding carboxylic acids is 1. The first-order valence-electron chi connectivity index (χ1n) is 11.5. The summed E-state index contributed by atoms with van der Waals surface area (Å²) < 4.78 is 2.20. The van der Waals surface area contributed by atoms with Gasteiger partial charge in [0.15, 0.2) is 0 Å². The first kappa shape index (κ1) is 24.8. The number of hydrogen-bond donors (Lipinski definition) is 3. The molecule has 1 heterocycles. The number of rotatable bonds is 10. The Morgan fingerprint density at radius 3 is 2.45 bits per heavy atom. The van der Waals surface area contributed by atoms with Crippen LogP contribution in [0.5, 0.6) is 0 Å². The van der Waals surface area contributed by atoms with Gasteiger partial charge in [0.05, 0.1) is 21.8 Å². The fraction of sp³-hybridized carbons (Fsp3) is 0.423. The molecule has 3 rings (SSSR count). The topological polar surface area (TPSA) is 84.2 Å². The molecule has 0 bridgehead atoms. The van der Waals surface area contributed by atoms with Crippen LogP contribution in [0, 0.1) is 12.8 Å². The summed E-state index contributed by atoms with van der Waals surface area (Å²) in [4.78, 5) is 28.5. The van der Waals surface area contributed by atoms with E-state index in [4.69, 9.17) is 10.1 Å². The van der Waals surface area contributed by atoms with Crippen molar-refractivity contribution in [1.29, 1.82) is 0 Å². The van der Waals surface area contributed by atoms with Gasteiger partial charge in [0, 0.05) is 19.5 Å². The number of aromatic nitrogens is 2. The van der Waals surface area contributed by atoms with E-state index in [0.717, 1.165) is 52.8 Å². The lowest BCUT2D eigenvalue weighted by molar-refractivity contribution is -0.120. The molecule has 0 aliphatic carbocycles. The highest BCUT2D eigenvalue weighted by Crippen LogP contribution is 2.24. The predicted molar refractivity (Wildman–Crippen MR) is 135 cm³/mol. The van der Waals surface area contributed by atoms with Crippen molar-refractivity contribution in [2.45, 2.75) is 65.3 Å². The van der Waals surface area contributed by atoms with Crippen molar-refractivity contribution >= 4 is 35.5 Å². The molecular formula is C26H33N3O3S. The Labute approximate surface area is 200 Å². The number of benzene rings is 2. The van der Waals surface area contributed by atoms with Crippen LogP contribution in [0.1, 0.15) is 66.5 Å². The van der Waals surface area contributed by atoms with Crippen molar-refractivity contribution in [1.82, 2.24) is 14.9 Å². The molecule has 1 amide bonds. The third kappa shape index (κ3) is 6.16. The molecule has 0 saturated carbocycles. The zero-order valence-corrected chi connectivity index (χ0v) is 20.7. The van der Waals surface area contributed by atoms with Gasteiger partial charge in [-0.15, -0.1) is 0 Å². The number of fused-ring (bicyclic) bond motifs is 1. The van der Waals surface area contributed by atoms with E-state index in [2.05, 4.69) is 55.4 Å². The average molecular weight is 468 g/mol. The van der Waals surface area contributed by atoms with Gasteiger partial charge >= 0.3 is 5.97 Å². The number of nitrogens with zero attached hydrogens (tertiary/aromatic N) is 2. The van der Waals surface area contributed by atoms with Gasteiger partial charge in [0.25, 0.3) is 0 Å². The molecule has 176 valence electrons. The van der Waals surface area contributed by atoms with Crippen molar-refractivity contribution < 1.29 is 14.7 Å². The van der Waals surface area contributed by atoms with Gasteiger partial charge in [-0.05, 0) is 60.6 Å². The molecule has 0 aliphatic heterocycles. The van der Waals surface area contributed by atoms with E-state index >= 15 is 0 Å². The van der Waals surface area contributed by atoms with Gasteiger partial charge in [-0.1, -0.05) is 39.0 Å². The Balaban J connectivity index is 1.90. The second kappa shape index (κ2) is 10.9. The second-order valence-corrected chi connectivity index (χ2v) is 9.63. The summed E-state index contributed by atoms with van der Waals surface area (Å²) in [5.41, 5.74) is 5.36. The number of imidazole rings is 1. The van der Waals surface area contributed by atoms with E-state index < -0.39 is 5.97 Å². The third-order valence-electron chi connectivity index (χ3n) is 5.66. The molecule has 1 atom stereocenters. The minimum Gasteiger partial charge on any atom is -0.478 e. The highest BCUT2D eigenvalue weighted by molar-refractivity contribution is 7.81. The fourth-order valence-corrected chi connectivity index (χ4v) is 4.52. The van der Waals surface area contributed by atoms with Crippen LogP contribution in [-0.4, -0.2) is 31.8 Å². The number of thiol groups is 1. The van der Waals surface area contributed by atoms with Gasteiger partial charge in [-0.3, -0.25) is 4.79 Å². The highest BCUT2D eigenvalue weighted by Gasteiger charge is 2.17. The Morgan fingerprint density at radius 1 is 1.15 bits per heavy atom. The van der Waals surface area contributed by atoms with E-state index in [1.165, 1.54) is 0 Å². The summed E-state index contributed by atoms with van der Waals surface area (Å²) in [6, 6.07) is 11.1. The van der Waals surface area contributed by atoms with Crippen molar-refractivity contribution in [2.75, 3.05) is 0 Å². The largest absolute Gasteiger partial charge is 0.478 e. The van der Waals surface area contributed by atoms with E-state index in [9.17, 15) is 9.59 Å². The van der Waals surface area contributed by atoms with Crippen LogP contribution >= 0.6 is 12.6 Å². The molecule has 6 nitrogen and oxygen atoms in total. The zero-order valence-electron chi connectivity index (χ0n) is 19.8. The maximum Gasteiger partial charge on any atom is 0.335 e. The van der Waals surface area contributed by atoms with Crippen LogP contribution < -0.4 is 5.32 Å². The van der Waals surface area contributed by atoms with Crippen LogP contribution in [0.3, 0.4) is 0 Å². The smallest absolute Gasteiger partial charge is 0.335 e. The van der Waals surface area contributed by atoms with Crippen molar-refractivity contribution in [3.8, 4) is 0 Å². The SMILES string of the molecule is CCCc1nc2c(C)cc(CNC(=O)[C@H](S)CC(C)C)cc2n1Cc1ccc(C(=O)O)cc1. The molecule has 2 N–H and O–H groups in total. The minimum absolute atomic E-state index is 0.0523. The summed E-state index contributed by atoms with van der Waals surface area (Å²) in [6.07, 6.45) is 2.56. The number of aryl methyl sites for hydroxylation is 2. The molecule has 0 aliphatic rings. The Kier molecular flexibility index (Phi) is 8.19. The molecule has 0 saturated heterocycles. The van der Waals surface area contributed by atoms with Gasteiger partial charge in [0.2, 0.25) is 5.91 Å². The monoisotopic (exact) mass is 467 g/mol. The summed E-state index contributed by atoms with van der Waals surface area (Å²) >= 11 is 4.45. The number of nitrogens with one attached hydrogen (secondary N) is 1. The first-order valence-corrected chi connectivity index (χ1v) is 12.0. The maximum atomic E-state index is 12.4. The number of amides is 1. The number of carboxylic acids is 1. The third-order valence-corrected chi connectivity index (χ3v) is 6.11. The molecule has 2 aromatic carbocycles. The van der Waals surface area contributed by atoms with Gasteiger partial charge in [-0.2, -0.15) is 12.6 Å². The van der Waals surface area contributed by atoms with Gasteiger partial charge in [0.1, 0.15) is 5.82 Å². The van der Waals surface area contributed by atoms with Crippen molar-refractivity contribution in [3.63, 3.8) is 0 Å². The van der Waals surface area contributed by atoms with E-state index in [-0.39, 0.29) is 16.7 Å². The summed E-state index contributed by atoms with van der Waals surface area (Å²) in [6.45, 7) is 9.38. The van der Waals surface area contributed by atoms with Crippen LogP contribution in [0.15, 0.2) is 36.4 Å². The normalized spacial score (nSPS) is 12.3. The lowest BCUT2D eigenvalue weighted by atomic mass is 10.1. The zero-order chi connectivity index (χ0) is 24.1. The van der Waals surface area contributed by atoms with E-state index in [1.54, 1.807) is 12.1 Å². The summed E-state index contributed by atoms with van der Waals surface area (Å²) in [5.74, 6) is 0.433. The van der Waals surface area contributed by atoms with Crippen LogP contribution in [-0.2, 0) is 24.3 Å². The molecule has 0 fully saturated rings. The molecule has 1 aromatic heterocycles. The molecule has 0 spiro atoms. The molecule has 3 aromatic rings. The Hall–Kier alpha value is -2.80. The lowest BCUT2D eigenvalue weighted by Crippen LogP contribution is -2.31. The molecule has 0 radical (unpaired) electrons. The van der Waals surface area contributed by atoms with Crippen molar-refractivity contribution in [2.24, 2.45) is 5.92 Å². The lowest BCUT2D eigenvalue weighted by Gasteiger charge is -2.14. The maximum absolute atomic E-state index is 12.4. The van der Waals surface area contributed by atoms with Crippen LogP contribution in [0.2, 0.25) is 0 Å². The highest BCUT2D eigenvalue weighted by atomic mass is 32.1. The van der Waals surface area contributed by atoms with Gasteiger partial charge in [-0.25, -0.2) is 9.78 Å². The first-order chi connectivity index (χ1) is 15.7. The Morgan fingerprint density at radius 2 is 1.85 bits per heavy atom. The minimum atomic E-state index is -0.930. The number of hydrogen-bond acceptors (Lipinski definition) is 4. The quantitative estimate of drug-likeness (QED) is 0.366. The number of aromatic carboxylic acids is 1. The number of carboxylic acid groups (broad SMARTS) is 1. The number of carbonyl (C=O) groups is 2. The molecular weight excluding hydrogens is 434 g/mol. The Bertz CT molecular complexity index is 1140. The second-order valence-electron chi connectivity index (χ2n) is 9.01. The standard InChI is InChI=1S/C26H33N3O3S/c1-5-6-23-28-24-17(4)12-19(14-27-25(30)22(33)11-16(2)3)13-21(24)29(23)15-18-7-9-20(10-8-18)26(31)32/h7-10,12-13,16,22,33H,5-6,11,14-15H2,1-4H3,(H,27,30)(H,31,32)/t22-/m1/s1. The molecule has 7 heteroatoms. The average Bonchev–Trinajstić information content (AvgIpc) is 3.10. The summed E-state index contributed by atoms with van der Waals surface area (Å²) in [7, 11) is 0. The van der Waals surface area contributed by atoms with E-state index in [1.807, 2.05) is 19.1 Å². The fourth-order valence-electron chi connectivity index (χ4n) is 4.00.